The van der Waals surface area contributed by atoms with E-state index in [1.807, 2.05) is 20.9 Å². The Morgan fingerprint density at radius 2 is 2.33 bits per heavy atom. The number of likely N-dealkylation sites (tertiary alicyclic amines) is 1. The first-order chi connectivity index (χ1) is 7.11. The summed E-state index contributed by atoms with van der Waals surface area (Å²) in [5, 5.41) is 3.17. The molecule has 1 aliphatic heterocycles. The highest BCUT2D eigenvalue weighted by molar-refractivity contribution is 5.71. The molecule has 0 aromatic heterocycles. The maximum Gasteiger partial charge on any atom is 0.320 e. The first-order valence-electron chi connectivity index (χ1n) is 5.68. The van der Waals surface area contributed by atoms with Gasteiger partial charge in [0.2, 0.25) is 0 Å². The highest BCUT2D eigenvalue weighted by atomic mass is 16.5. The van der Waals surface area contributed by atoms with Crippen molar-refractivity contribution in [2.24, 2.45) is 5.92 Å². The number of ether oxygens (including phenoxy) is 1. The lowest BCUT2D eigenvalue weighted by atomic mass is 10.1. The molecule has 1 heterocycles. The van der Waals surface area contributed by atoms with E-state index in [1.165, 1.54) is 6.42 Å². The van der Waals surface area contributed by atoms with E-state index in [-0.39, 0.29) is 12.1 Å². The fourth-order valence-electron chi connectivity index (χ4n) is 1.99. The van der Waals surface area contributed by atoms with Gasteiger partial charge in [0.1, 0.15) is 0 Å². The Labute approximate surface area is 92.0 Å². The van der Waals surface area contributed by atoms with Crippen LogP contribution in [0.2, 0.25) is 0 Å². The molecule has 0 aliphatic carbocycles. The third-order valence-corrected chi connectivity index (χ3v) is 2.58. The van der Waals surface area contributed by atoms with Crippen LogP contribution in [0.3, 0.4) is 0 Å². The summed E-state index contributed by atoms with van der Waals surface area (Å²) in [5.41, 5.74) is 0. The molecule has 1 fully saturated rings. The highest BCUT2D eigenvalue weighted by Crippen LogP contribution is 2.14. The monoisotopic (exact) mass is 214 g/mol. The fraction of sp³-hybridized carbons (Fsp3) is 0.909. The number of carbonyl (C=O) groups is 1. The van der Waals surface area contributed by atoms with Gasteiger partial charge in [0.05, 0.1) is 12.6 Å². The molecule has 1 aliphatic rings. The second-order valence-electron chi connectivity index (χ2n) is 4.49. The van der Waals surface area contributed by atoms with Crippen LogP contribution < -0.4 is 5.32 Å². The lowest BCUT2D eigenvalue weighted by Crippen LogP contribution is -2.31. The number of hydrogen-bond donors (Lipinski definition) is 1. The van der Waals surface area contributed by atoms with Gasteiger partial charge < -0.3 is 10.1 Å². The van der Waals surface area contributed by atoms with E-state index in [2.05, 4.69) is 10.2 Å². The molecule has 1 atom stereocenters. The van der Waals surface area contributed by atoms with Gasteiger partial charge in [0.25, 0.3) is 0 Å². The standard InChI is InChI=1S/C11H22N2O2/c1-9(2)15-11(14)8-13-5-4-10(7-13)6-12-3/h9-10,12H,4-8H2,1-3H3. The van der Waals surface area contributed by atoms with E-state index in [0.717, 1.165) is 19.6 Å². The van der Waals surface area contributed by atoms with Crippen molar-refractivity contribution < 1.29 is 9.53 Å². The Kier molecular flexibility index (Phi) is 5.05. The van der Waals surface area contributed by atoms with E-state index in [1.54, 1.807) is 0 Å². The third-order valence-electron chi connectivity index (χ3n) is 2.58. The predicted octanol–water partition coefficient (Wildman–Crippen LogP) is 0.479. The number of nitrogens with zero attached hydrogens (tertiary/aromatic N) is 1. The summed E-state index contributed by atoms with van der Waals surface area (Å²) in [6.45, 7) is 7.26. The maximum atomic E-state index is 11.4. The van der Waals surface area contributed by atoms with E-state index >= 15 is 0 Å². The molecule has 0 aromatic carbocycles. The molecule has 4 heteroatoms. The Hall–Kier alpha value is -0.610. The Morgan fingerprint density at radius 3 is 2.93 bits per heavy atom. The summed E-state index contributed by atoms with van der Waals surface area (Å²) in [7, 11) is 1.97. The van der Waals surface area contributed by atoms with Crippen LogP contribution in [-0.4, -0.2) is 50.2 Å². The zero-order valence-corrected chi connectivity index (χ0v) is 9.95. The van der Waals surface area contributed by atoms with Gasteiger partial charge in [-0.3, -0.25) is 9.69 Å². The number of rotatable bonds is 5. The van der Waals surface area contributed by atoms with Crippen LogP contribution in [-0.2, 0) is 9.53 Å². The van der Waals surface area contributed by atoms with Crippen molar-refractivity contribution in [2.75, 3.05) is 33.2 Å². The SMILES string of the molecule is CNCC1CCN(CC(=O)OC(C)C)C1. The van der Waals surface area contributed by atoms with Crippen molar-refractivity contribution in [1.29, 1.82) is 0 Å². The van der Waals surface area contributed by atoms with Crippen LogP contribution >= 0.6 is 0 Å². The average molecular weight is 214 g/mol. The molecule has 1 rings (SSSR count). The molecule has 15 heavy (non-hydrogen) atoms. The van der Waals surface area contributed by atoms with Gasteiger partial charge in [-0.15, -0.1) is 0 Å². The van der Waals surface area contributed by atoms with Crippen LogP contribution in [0, 0.1) is 5.92 Å². The first kappa shape index (κ1) is 12.5. The van der Waals surface area contributed by atoms with E-state index < -0.39 is 0 Å². The van der Waals surface area contributed by atoms with Crippen LogP contribution in [0.25, 0.3) is 0 Å². The molecule has 88 valence electrons. The van der Waals surface area contributed by atoms with Gasteiger partial charge in [-0.1, -0.05) is 0 Å². The maximum absolute atomic E-state index is 11.4. The van der Waals surface area contributed by atoms with Crippen molar-refractivity contribution in [2.45, 2.75) is 26.4 Å². The predicted molar refractivity (Wildman–Crippen MR) is 59.7 cm³/mol. The second kappa shape index (κ2) is 6.08. The minimum absolute atomic E-state index is 0.00629. The Bertz CT molecular complexity index is 207. The molecule has 1 unspecified atom stereocenters. The quantitative estimate of drug-likeness (QED) is 0.676. The van der Waals surface area contributed by atoms with Gasteiger partial charge in [-0.05, 0) is 46.3 Å². The smallest absolute Gasteiger partial charge is 0.320 e. The zero-order valence-electron chi connectivity index (χ0n) is 9.95. The van der Waals surface area contributed by atoms with Crippen molar-refractivity contribution >= 4 is 5.97 Å². The van der Waals surface area contributed by atoms with E-state index in [4.69, 9.17) is 4.74 Å². The van der Waals surface area contributed by atoms with Gasteiger partial charge in [0, 0.05) is 6.54 Å². The zero-order chi connectivity index (χ0) is 11.3. The minimum Gasteiger partial charge on any atom is -0.462 e. The van der Waals surface area contributed by atoms with Crippen molar-refractivity contribution in [1.82, 2.24) is 10.2 Å². The average Bonchev–Trinajstić information content (AvgIpc) is 2.51. The summed E-state index contributed by atoms with van der Waals surface area (Å²) in [5.74, 6) is 0.581. The largest absolute Gasteiger partial charge is 0.462 e. The van der Waals surface area contributed by atoms with Crippen molar-refractivity contribution in [3.8, 4) is 0 Å². The van der Waals surface area contributed by atoms with Crippen LogP contribution in [0.1, 0.15) is 20.3 Å². The van der Waals surface area contributed by atoms with Gasteiger partial charge >= 0.3 is 5.97 Å². The second-order valence-corrected chi connectivity index (χ2v) is 4.49. The van der Waals surface area contributed by atoms with E-state index in [0.29, 0.717) is 12.5 Å². The van der Waals surface area contributed by atoms with Crippen LogP contribution in [0.15, 0.2) is 0 Å². The molecule has 0 bridgehead atoms. The molecule has 4 nitrogen and oxygen atoms in total. The highest BCUT2D eigenvalue weighted by Gasteiger charge is 2.23. The number of nitrogens with one attached hydrogen (secondary N) is 1. The molecular weight excluding hydrogens is 192 g/mol. The lowest BCUT2D eigenvalue weighted by Gasteiger charge is -2.16. The van der Waals surface area contributed by atoms with Crippen LogP contribution in [0.5, 0.6) is 0 Å². The Balaban J connectivity index is 2.20. The summed E-state index contributed by atoms with van der Waals surface area (Å²) in [6, 6.07) is 0. The summed E-state index contributed by atoms with van der Waals surface area (Å²) >= 11 is 0. The molecule has 0 amide bonds. The summed E-state index contributed by atoms with van der Waals surface area (Å²) < 4.78 is 5.11. The molecule has 1 N–H and O–H groups in total. The number of carbonyl (C=O) groups excluding carboxylic acids is 1. The van der Waals surface area contributed by atoms with E-state index in [9.17, 15) is 4.79 Å². The van der Waals surface area contributed by atoms with Gasteiger partial charge in [0.15, 0.2) is 0 Å². The van der Waals surface area contributed by atoms with Crippen LogP contribution in [0.4, 0.5) is 0 Å². The van der Waals surface area contributed by atoms with Crippen molar-refractivity contribution in [3.05, 3.63) is 0 Å². The van der Waals surface area contributed by atoms with Gasteiger partial charge in [-0.25, -0.2) is 0 Å². The molecule has 0 aromatic rings. The number of hydrogen-bond acceptors (Lipinski definition) is 4. The topological polar surface area (TPSA) is 41.6 Å². The summed E-state index contributed by atoms with van der Waals surface area (Å²) in [6.07, 6.45) is 1.17. The minimum atomic E-state index is -0.102. The summed E-state index contributed by atoms with van der Waals surface area (Å²) in [4.78, 5) is 13.6. The fourth-order valence-corrected chi connectivity index (χ4v) is 1.99. The molecular formula is C11H22N2O2. The van der Waals surface area contributed by atoms with Gasteiger partial charge in [-0.2, -0.15) is 0 Å². The normalized spacial score (nSPS) is 22.3. The molecule has 0 saturated carbocycles. The Morgan fingerprint density at radius 1 is 1.60 bits per heavy atom. The molecule has 1 saturated heterocycles. The third kappa shape index (κ3) is 4.62. The number of esters is 1. The first-order valence-corrected chi connectivity index (χ1v) is 5.68. The molecule has 0 radical (unpaired) electrons. The van der Waals surface area contributed by atoms with Crippen molar-refractivity contribution in [3.63, 3.8) is 0 Å². The molecule has 0 spiro atoms. The lowest BCUT2D eigenvalue weighted by molar-refractivity contribution is -0.148.